The van der Waals surface area contributed by atoms with E-state index in [0.717, 1.165) is 7.11 Å². The molecule has 0 aromatic heterocycles. The molecule has 0 spiro atoms. The van der Waals surface area contributed by atoms with Crippen molar-refractivity contribution in [2.45, 2.75) is 41.5 Å². The highest BCUT2D eigenvalue weighted by molar-refractivity contribution is 5.47. The molecule has 6 heteroatoms. The monoisotopic (exact) mass is 324 g/mol. The average molecular weight is 325 g/mol. The summed E-state index contributed by atoms with van der Waals surface area (Å²) in [4.78, 5) is 8.33. The fourth-order valence-electron chi connectivity index (χ4n) is 1.34. The molecule has 0 fully saturated rings. The Hall–Kier alpha value is -0.850. The third kappa shape index (κ3) is 21.4. The minimum absolute atomic E-state index is 1.00. The molecule has 0 heterocycles. The molecule has 0 aromatic rings. The first kappa shape index (κ1) is 29.2. The molecule has 0 saturated carbocycles. The van der Waals surface area contributed by atoms with Crippen LogP contribution < -0.4 is 10.2 Å². The Bertz CT molecular complexity index is 190. The normalized spacial score (nSPS) is 10.1. The molecule has 138 valence electrons. The highest BCUT2D eigenvalue weighted by Crippen LogP contribution is 1.98. The lowest BCUT2D eigenvalue weighted by molar-refractivity contribution is -0.904. The van der Waals surface area contributed by atoms with Crippen LogP contribution in [0, 0.1) is 0 Å². The average Bonchev–Trinajstić information content (AvgIpc) is 2.55. The number of aliphatic hydroxyl groups excluding tert-OH is 1. The van der Waals surface area contributed by atoms with E-state index in [0.29, 0.717) is 0 Å². The zero-order chi connectivity index (χ0) is 18.8. The van der Waals surface area contributed by atoms with E-state index in [-0.39, 0.29) is 0 Å². The standard InChI is InChI=1S/2C7H18N.CH2O3.CH4O/c2*1-5-8(4,6-2)7-3;2-1(3)4;1-2/h2*5-7H2,1-4H3;(H2,2,3,4);2H,1H3/q2*+1;;/p-2. The molecule has 0 aliphatic carbocycles. The highest BCUT2D eigenvalue weighted by atomic mass is 16.6. The second-order valence-electron chi connectivity index (χ2n) is 5.39. The van der Waals surface area contributed by atoms with Crippen molar-refractivity contribution >= 4 is 6.16 Å². The molecule has 22 heavy (non-hydrogen) atoms. The summed E-state index contributed by atoms with van der Waals surface area (Å²) >= 11 is 0. The summed E-state index contributed by atoms with van der Waals surface area (Å²) in [7, 11) is 5.58. The van der Waals surface area contributed by atoms with E-state index in [2.05, 4.69) is 55.6 Å². The third-order valence-corrected chi connectivity index (χ3v) is 4.58. The fourth-order valence-corrected chi connectivity index (χ4v) is 1.34. The number of carbonyl (C=O) groups excluding carboxylic acids is 1. The van der Waals surface area contributed by atoms with Crippen LogP contribution in [-0.2, 0) is 0 Å². The van der Waals surface area contributed by atoms with Gasteiger partial charge in [0.2, 0.25) is 0 Å². The van der Waals surface area contributed by atoms with Crippen molar-refractivity contribution in [3.63, 3.8) is 0 Å². The van der Waals surface area contributed by atoms with Crippen LogP contribution in [0.25, 0.3) is 0 Å². The van der Waals surface area contributed by atoms with E-state index in [1.54, 1.807) is 0 Å². The lowest BCUT2D eigenvalue weighted by atomic mass is 10.4. The Morgan fingerprint density at radius 3 is 0.773 bits per heavy atom. The fraction of sp³-hybridized carbons (Fsp3) is 0.938. The number of carbonyl (C=O) groups is 1. The van der Waals surface area contributed by atoms with Crippen LogP contribution in [-0.4, -0.2) is 80.7 Å². The highest BCUT2D eigenvalue weighted by Gasteiger charge is 2.11. The van der Waals surface area contributed by atoms with Gasteiger partial charge in [-0.05, 0) is 47.7 Å². The Morgan fingerprint density at radius 2 is 0.773 bits per heavy atom. The van der Waals surface area contributed by atoms with Crippen molar-refractivity contribution in [1.82, 2.24) is 0 Å². The molecule has 0 unspecified atom stereocenters. The first-order valence-corrected chi connectivity index (χ1v) is 8.09. The van der Waals surface area contributed by atoms with Crippen molar-refractivity contribution in [2.75, 3.05) is 60.5 Å². The van der Waals surface area contributed by atoms with Gasteiger partial charge in [-0.2, -0.15) is 0 Å². The van der Waals surface area contributed by atoms with Crippen LogP contribution in [0.15, 0.2) is 0 Å². The summed E-state index contributed by atoms with van der Waals surface area (Å²) in [6, 6.07) is 0. The van der Waals surface area contributed by atoms with E-state index in [1.807, 2.05) is 0 Å². The zero-order valence-electron chi connectivity index (χ0n) is 16.3. The maximum Gasteiger partial charge on any atom is 0.0755 e. The zero-order valence-corrected chi connectivity index (χ0v) is 16.3. The van der Waals surface area contributed by atoms with Crippen LogP contribution in [0.5, 0.6) is 0 Å². The first-order chi connectivity index (χ1) is 10.1. The lowest BCUT2D eigenvalue weighted by Gasteiger charge is -2.30. The number of rotatable bonds is 6. The molecule has 0 bridgehead atoms. The molecule has 0 rings (SSSR count). The summed E-state index contributed by atoms with van der Waals surface area (Å²) in [6.45, 7) is 21.0. The SMILES string of the molecule is CC[N+](C)(CC)CC.CC[N+](C)(CC)CC.CO.O=C([O-])[O-]. The summed E-state index contributed by atoms with van der Waals surface area (Å²) in [5, 5.41) is 23.7. The molecule has 0 saturated heterocycles. The van der Waals surface area contributed by atoms with Crippen LogP contribution in [0.2, 0.25) is 0 Å². The second kappa shape index (κ2) is 18.2. The van der Waals surface area contributed by atoms with E-state index in [9.17, 15) is 0 Å². The van der Waals surface area contributed by atoms with Gasteiger partial charge in [0.1, 0.15) is 0 Å². The molecular weight excluding hydrogens is 284 g/mol. The topological polar surface area (TPSA) is 83.4 Å². The van der Waals surface area contributed by atoms with Gasteiger partial charge in [-0.3, -0.25) is 0 Å². The Balaban J connectivity index is -0.000000109. The van der Waals surface area contributed by atoms with Gasteiger partial charge >= 0.3 is 0 Å². The van der Waals surface area contributed by atoms with E-state index >= 15 is 0 Å². The van der Waals surface area contributed by atoms with Crippen molar-refractivity contribution in [3.8, 4) is 0 Å². The largest absolute Gasteiger partial charge is 0.652 e. The van der Waals surface area contributed by atoms with Crippen LogP contribution in [0.4, 0.5) is 4.79 Å². The Morgan fingerprint density at radius 1 is 0.682 bits per heavy atom. The third-order valence-electron chi connectivity index (χ3n) is 4.58. The molecule has 0 aromatic carbocycles. The molecule has 6 nitrogen and oxygen atoms in total. The van der Waals surface area contributed by atoms with E-state index in [1.165, 1.54) is 48.2 Å². The maximum absolute atomic E-state index is 8.33. The van der Waals surface area contributed by atoms with Gasteiger partial charge in [0, 0.05) is 7.11 Å². The van der Waals surface area contributed by atoms with Gasteiger partial charge in [-0.25, -0.2) is 0 Å². The number of nitrogens with zero attached hydrogens (tertiary/aromatic N) is 2. The smallest absolute Gasteiger partial charge is 0.0755 e. The van der Waals surface area contributed by atoms with Crippen molar-refractivity contribution in [1.29, 1.82) is 0 Å². The van der Waals surface area contributed by atoms with Gasteiger partial charge < -0.3 is 29.1 Å². The quantitative estimate of drug-likeness (QED) is 0.705. The summed E-state index contributed by atoms with van der Waals surface area (Å²) in [6.07, 6.45) is -2.33. The number of quaternary nitrogens is 2. The first-order valence-electron chi connectivity index (χ1n) is 8.09. The summed E-state index contributed by atoms with van der Waals surface area (Å²) < 4.78 is 2.42. The molecule has 0 amide bonds. The minimum Gasteiger partial charge on any atom is -0.652 e. The van der Waals surface area contributed by atoms with Crippen LogP contribution in [0.1, 0.15) is 41.5 Å². The van der Waals surface area contributed by atoms with Crippen molar-refractivity contribution in [2.24, 2.45) is 0 Å². The van der Waals surface area contributed by atoms with Crippen LogP contribution in [0.3, 0.4) is 0 Å². The molecule has 0 radical (unpaired) electrons. The Kier molecular flexibility index (Phi) is 24.2. The Labute approximate surface area is 138 Å². The number of aliphatic hydroxyl groups is 1. The lowest BCUT2D eigenvalue weighted by Crippen LogP contribution is -2.42. The summed E-state index contributed by atoms with van der Waals surface area (Å²) in [5.41, 5.74) is 0. The number of hydrogen-bond donors (Lipinski definition) is 1. The van der Waals surface area contributed by atoms with Gasteiger partial charge in [-0.15, -0.1) is 0 Å². The van der Waals surface area contributed by atoms with Crippen LogP contribution >= 0.6 is 0 Å². The minimum atomic E-state index is -2.33. The van der Waals surface area contributed by atoms with Gasteiger partial charge in [-0.1, -0.05) is 0 Å². The predicted molar refractivity (Wildman–Crippen MR) is 89.2 cm³/mol. The second-order valence-corrected chi connectivity index (χ2v) is 5.39. The van der Waals surface area contributed by atoms with Gasteiger partial charge in [0.05, 0.1) is 53.4 Å². The number of carboxylic acid groups (broad SMARTS) is 2. The molecule has 1 N–H and O–H groups in total. The van der Waals surface area contributed by atoms with E-state index < -0.39 is 6.16 Å². The predicted octanol–water partition coefficient (Wildman–Crippen LogP) is 0.147. The van der Waals surface area contributed by atoms with Crippen molar-refractivity contribution < 1.29 is 29.1 Å². The maximum atomic E-state index is 8.33. The molecule has 0 atom stereocenters. The van der Waals surface area contributed by atoms with Gasteiger partial charge in [0.25, 0.3) is 0 Å². The molecule has 0 aliphatic heterocycles. The van der Waals surface area contributed by atoms with Gasteiger partial charge in [0.15, 0.2) is 0 Å². The summed E-state index contributed by atoms with van der Waals surface area (Å²) in [5.74, 6) is 0. The number of hydrogen-bond acceptors (Lipinski definition) is 4. The molecule has 0 aliphatic rings. The van der Waals surface area contributed by atoms with E-state index in [4.69, 9.17) is 20.1 Å². The van der Waals surface area contributed by atoms with Crippen molar-refractivity contribution in [3.05, 3.63) is 0 Å². The molecular formula is C16H40N2O4.